The number of anilines is 2. The van der Waals surface area contributed by atoms with Crippen molar-refractivity contribution in [3.05, 3.63) is 54.0 Å². The van der Waals surface area contributed by atoms with Crippen LogP contribution in [0.15, 0.2) is 42.6 Å². The first kappa shape index (κ1) is 19.1. The lowest BCUT2D eigenvalue weighted by molar-refractivity contribution is 0.514. The molecule has 1 atom stereocenters. The molecule has 1 aromatic heterocycles. The summed E-state index contributed by atoms with van der Waals surface area (Å²) in [6.07, 6.45) is 3.90. The number of nitrogens with one attached hydrogen (secondary N) is 1. The van der Waals surface area contributed by atoms with E-state index in [0.29, 0.717) is 23.8 Å². The van der Waals surface area contributed by atoms with Crippen LogP contribution in [0.3, 0.4) is 0 Å². The van der Waals surface area contributed by atoms with Gasteiger partial charge in [0.25, 0.3) is 0 Å². The maximum absolute atomic E-state index is 14.5. The number of nitrogens with two attached hydrogens (primary N) is 2. The highest BCUT2D eigenvalue weighted by Crippen LogP contribution is 2.34. The molecule has 0 fully saturated rings. The molecule has 3 aromatic rings. The molecule has 3 rings (SSSR count). The van der Waals surface area contributed by atoms with E-state index in [1.807, 2.05) is 31.2 Å². The first-order chi connectivity index (χ1) is 13.0. The van der Waals surface area contributed by atoms with Crippen molar-refractivity contribution in [1.82, 2.24) is 4.98 Å². The molecule has 0 amide bonds. The van der Waals surface area contributed by atoms with Crippen LogP contribution < -0.4 is 16.8 Å². The van der Waals surface area contributed by atoms with Crippen LogP contribution in [0, 0.1) is 18.7 Å². The molecule has 4 nitrogen and oxygen atoms in total. The van der Waals surface area contributed by atoms with Crippen molar-refractivity contribution in [1.29, 1.82) is 0 Å². The molecule has 0 aliphatic heterocycles. The molecule has 2 aromatic carbocycles. The van der Waals surface area contributed by atoms with Gasteiger partial charge in [0, 0.05) is 34.8 Å². The quantitative estimate of drug-likeness (QED) is 0.565. The summed E-state index contributed by atoms with van der Waals surface area (Å²) in [6.45, 7) is 5.48. The van der Waals surface area contributed by atoms with Crippen molar-refractivity contribution in [2.75, 3.05) is 24.1 Å². The number of aryl methyl sites for hydroxylation is 1. The van der Waals surface area contributed by atoms with Gasteiger partial charge in [0.15, 0.2) is 0 Å². The van der Waals surface area contributed by atoms with Crippen LogP contribution >= 0.6 is 0 Å². The van der Waals surface area contributed by atoms with Gasteiger partial charge in [-0.3, -0.25) is 0 Å². The summed E-state index contributed by atoms with van der Waals surface area (Å²) >= 11 is 0. The summed E-state index contributed by atoms with van der Waals surface area (Å²) in [7, 11) is 0. The number of aromatic nitrogens is 1. The molecule has 5 heteroatoms. The van der Waals surface area contributed by atoms with E-state index in [0.717, 1.165) is 47.0 Å². The van der Waals surface area contributed by atoms with E-state index in [9.17, 15) is 4.39 Å². The predicted octanol–water partition coefficient (Wildman–Crippen LogP) is 4.72. The van der Waals surface area contributed by atoms with Crippen LogP contribution in [0.1, 0.15) is 25.3 Å². The van der Waals surface area contributed by atoms with Gasteiger partial charge in [-0.2, -0.15) is 0 Å². The van der Waals surface area contributed by atoms with Gasteiger partial charge < -0.3 is 16.8 Å². The van der Waals surface area contributed by atoms with Crippen LogP contribution in [-0.2, 0) is 0 Å². The summed E-state index contributed by atoms with van der Waals surface area (Å²) in [5, 5.41) is 5.42. The van der Waals surface area contributed by atoms with Gasteiger partial charge in [-0.05, 0) is 61.2 Å². The van der Waals surface area contributed by atoms with Crippen LogP contribution in [0.2, 0.25) is 0 Å². The fourth-order valence-corrected chi connectivity index (χ4v) is 3.53. The zero-order chi connectivity index (χ0) is 19.4. The van der Waals surface area contributed by atoms with E-state index in [1.54, 1.807) is 12.3 Å². The van der Waals surface area contributed by atoms with Gasteiger partial charge in [0.1, 0.15) is 11.6 Å². The second kappa shape index (κ2) is 8.35. The highest BCUT2D eigenvalue weighted by molar-refractivity contribution is 5.98. The third-order valence-corrected chi connectivity index (χ3v) is 4.98. The number of hydrogen-bond donors (Lipinski definition) is 3. The highest BCUT2D eigenvalue weighted by Gasteiger charge is 2.13. The first-order valence-electron chi connectivity index (χ1n) is 9.42. The van der Waals surface area contributed by atoms with Crippen molar-refractivity contribution in [2.24, 2.45) is 11.7 Å². The number of pyridine rings is 1. The average molecular weight is 366 g/mol. The van der Waals surface area contributed by atoms with Gasteiger partial charge in [0.05, 0.1) is 0 Å². The number of nitrogen functional groups attached to an aromatic ring is 1. The fraction of sp³-hybridized carbons (Fsp3) is 0.318. The standard InChI is InChI=1S/C22H27FN4/c1-3-5-15(11-24)12-26-20-9-16(22-14(2)6-4-7-19(22)23)8-17-13-27-21(25)10-18(17)20/h4,6-10,13,15,26H,3,5,11-12,24H2,1-2H3,(H2,25,27). The summed E-state index contributed by atoms with van der Waals surface area (Å²) in [5.41, 5.74) is 15.1. The van der Waals surface area contributed by atoms with E-state index in [-0.39, 0.29) is 5.82 Å². The summed E-state index contributed by atoms with van der Waals surface area (Å²) in [5.74, 6) is 0.627. The maximum Gasteiger partial charge on any atom is 0.131 e. The lowest BCUT2D eigenvalue weighted by Crippen LogP contribution is -2.22. The third-order valence-electron chi connectivity index (χ3n) is 4.98. The Morgan fingerprint density at radius 2 is 2.04 bits per heavy atom. The molecule has 0 aliphatic carbocycles. The maximum atomic E-state index is 14.5. The summed E-state index contributed by atoms with van der Waals surface area (Å²) in [4.78, 5) is 4.21. The van der Waals surface area contributed by atoms with Crippen LogP contribution in [-0.4, -0.2) is 18.1 Å². The minimum atomic E-state index is -0.227. The molecule has 1 unspecified atom stereocenters. The molecule has 142 valence electrons. The topological polar surface area (TPSA) is 77.0 Å². The predicted molar refractivity (Wildman–Crippen MR) is 112 cm³/mol. The zero-order valence-corrected chi connectivity index (χ0v) is 15.9. The molecular formula is C22H27FN4. The number of nitrogens with zero attached hydrogens (tertiary/aromatic N) is 1. The highest BCUT2D eigenvalue weighted by atomic mass is 19.1. The number of hydrogen-bond acceptors (Lipinski definition) is 4. The molecule has 5 N–H and O–H groups in total. The molecule has 0 aliphatic rings. The molecule has 0 saturated carbocycles. The van der Waals surface area contributed by atoms with Gasteiger partial charge in [-0.1, -0.05) is 25.5 Å². The molecule has 0 radical (unpaired) electrons. The molecule has 27 heavy (non-hydrogen) atoms. The van der Waals surface area contributed by atoms with Crippen molar-refractivity contribution in [3.8, 4) is 11.1 Å². The minimum absolute atomic E-state index is 0.227. The molecule has 0 saturated heterocycles. The Kier molecular flexibility index (Phi) is 5.91. The minimum Gasteiger partial charge on any atom is -0.384 e. The van der Waals surface area contributed by atoms with Gasteiger partial charge in [-0.25, -0.2) is 9.37 Å². The Bertz CT molecular complexity index is 919. The smallest absolute Gasteiger partial charge is 0.131 e. The van der Waals surface area contributed by atoms with Gasteiger partial charge in [-0.15, -0.1) is 0 Å². The molecular weight excluding hydrogens is 339 g/mol. The lowest BCUT2D eigenvalue weighted by atomic mass is 9.96. The van der Waals surface area contributed by atoms with Crippen LogP contribution in [0.5, 0.6) is 0 Å². The van der Waals surface area contributed by atoms with Crippen LogP contribution in [0.4, 0.5) is 15.9 Å². The van der Waals surface area contributed by atoms with Gasteiger partial charge in [0.2, 0.25) is 0 Å². The first-order valence-corrected chi connectivity index (χ1v) is 9.42. The number of rotatable bonds is 7. The number of fused-ring (bicyclic) bond motifs is 1. The van der Waals surface area contributed by atoms with E-state index in [4.69, 9.17) is 11.5 Å². The Labute approximate surface area is 159 Å². The number of benzene rings is 2. The Morgan fingerprint density at radius 3 is 2.74 bits per heavy atom. The largest absolute Gasteiger partial charge is 0.384 e. The lowest BCUT2D eigenvalue weighted by Gasteiger charge is -2.18. The molecule has 0 bridgehead atoms. The molecule has 1 heterocycles. The SMILES string of the molecule is CCCC(CN)CNc1cc(-c2c(C)cccc2F)cc2cnc(N)cc12. The van der Waals surface area contributed by atoms with Crippen molar-refractivity contribution < 1.29 is 4.39 Å². The normalized spacial score (nSPS) is 12.3. The Hall–Kier alpha value is -2.66. The Balaban J connectivity index is 2.08. The zero-order valence-electron chi connectivity index (χ0n) is 15.9. The summed E-state index contributed by atoms with van der Waals surface area (Å²) < 4.78 is 14.5. The second-order valence-corrected chi connectivity index (χ2v) is 7.06. The van der Waals surface area contributed by atoms with Crippen molar-refractivity contribution in [2.45, 2.75) is 26.7 Å². The fourth-order valence-electron chi connectivity index (χ4n) is 3.53. The monoisotopic (exact) mass is 366 g/mol. The van der Waals surface area contributed by atoms with Crippen molar-refractivity contribution in [3.63, 3.8) is 0 Å². The van der Waals surface area contributed by atoms with Crippen molar-refractivity contribution >= 4 is 22.3 Å². The summed E-state index contributed by atoms with van der Waals surface area (Å²) in [6, 6.07) is 11.0. The molecule has 0 spiro atoms. The van der Waals surface area contributed by atoms with Crippen LogP contribution in [0.25, 0.3) is 21.9 Å². The van der Waals surface area contributed by atoms with Gasteiger partial charge >= 0.3 is 0 Å². The third kappa shape index (κ3) is 4.19. The van der Waals surface area contributed by atoms with E-state index < -0.39 is 0 Å². The average Bonchev–Trinajstić information content (AvgIpc) is 2.65. The van der Waals surface area contributed by atoms with E-state index in [2.05, 4.69) is 17.2 Å². The van der Waals surface area contributed by atoms with E-state index in [1.165, 1.54) is 6.07 Å². The number of halogens is 1. The second-order valence-electron chi connectivity index (χ2n) is 7.06. The van der Waals surface area contributed by atoms with E-state index >= 15 is 0 Å². The Morgan fingerprint density at radius 1 is 1.22 bits per heavy atom.